The van der Waals surface area contributed by atoms with Crippen LogP contribution in [0, 0.1) is 6.92 Å². The Kier molecular flexibility index (Phi) is 5.26. The Morgan fingerprint density at radius 2 is 2.05 bits per heavy atom. The molecule has 0 heterocycles. The van der Waals surface area contributed by atoms with Crippen LogP contribution in [-0.4, -0.2) is 27.5 Å². The third-order valence-corrected chi connectivity index (χ3v) is 4.08. The average Bonchev–Trinajstić information content (AvgIpc) is 2.30. The van der Waals surface area contributed by atoms with Gasteiger partial charge in [0.05, 0.1) is 5.75 Å². The van der Waals surface area contributed by atoms with E-state index >= 15 is 0 Å². The van der Waals surface area contributed by atoms with Gasteiger partial charge in [0, 0.05) is 10.7 Å². The van der Waals surface area contributed by atoms with Crippen LogP contribution in [0.4, 0.5) is 5.69 Å². The molecule has 0 aliphatic rings. The molecule has 0 atom stereocenters. The number of hydrogen-bond acceptors (Lipinski definition) is 3. The second kappa shape index (κ2) is 6.30. The van der Waals surface area contributed by atoms with Gasteiger partial charge in [-0.1, -0.05) is 11.6 Å². The van der Waals surface area contributed by atoms with Gasteiger partial charge in [0.15, 0.2) is 0 Å². The van der Waals surface area contributed by atoms with Crippen LogP contribution in [0.5, 0.6) is 0 Å². The summed E-state index contributed by atoms with van der Waals surface area (Å²) in [5.74, 6) is -1.08. The normalized spacial score (nSPS) is 11.2. The van der Waals surface area contributed by atoms with Crippen molar-refractivity contribution in [2.24, 2.45) is 0 Å². The molecule has 0 saturated heterocycles. The Morgan fingerprint density at radius 3 is 2.58 bits per heavy atom. The van der Waals surface area contributed by atoms with Crippen molar-refractivity contribution in [3.63, 3.8) is 0 Å². The fourth-order valence-corrected chi connectivity index (χ4v) is 2.18. The second-order valence-corrected chi connectivity index (χ2v) is 6.65. The molecule has 1 amide bonds. The summed E-state index contributed by atoms with van der Waals surface area (Å²) in [4.78, 5) is 22.7. The van der Waals surface area contributed by atoms with E-state index in [9.17, 15) is 9.59 Å². The van der Waals surface area contributed by atoms with Crippen LogP contribution >= 0.6 is 23.4 Å². The Bertz CT molecular complexity index is 503. The Balaban J connectivity index is 2.59. The van der Waals surface area contributed by atoms with Gasteiger partial charge in [0.2, 0.25) is 5.91 Å². The summed E-state index contributed by atoms with van der Waals surface area (Å²) in [6, 6.07) is 5.17. The first-order chi connectivity index (χ1) is 8.72. The van der Waals surface area contributed by atoms with E-state index in [4.69, 9.17) is 16.7 Å². The minimum Gasteiger partial charge on any atom is -0.480 e. The largest absolute Gasteiger partial charge is 0.480 e. The number of hydrogen-bond donors (Lipinski definition) is 2. The van der Waals surface area contributed by atoms with Crippen LogP contribution in [0.2, 0.25) is 5.02 Å². The minimum atomic E-state index is -0.980. The Hall–Kier alpha value is -1.20. The van der Waals surface area contributed by atoms with Gasteiger partial charge in [-0.25, -0.2) is 0 Å². The molecule has 2 N–H and O–H groups in total. The molecule has 0 saturated carbocycles. The molecule has 0 aromatic heterocycles. The van der Waals surface area contributed by atoms with Gasteiger partial charge in [0.25, 0.3) is 0 Å². The van der Waals surface area contributed by atoms with Crippen molar-refractivity contribution in [2.75, 3.05) is 11.1 Å². The summed E-state index contributed by atoms with van der Waals surface area (Å²) in [6.07, 6.45) is 0. The summed E-state index contributed by atoms with van der Waals surface area (Å²) in [6.45, 7) is 4.98. The first kappa shape index (κ1) is 15.9. The number of benzene rings is 1. The molecule has 6 heteroatoms. The number of halogens is 1. The molecule has 0 unspecified atom stereocenters. The highest BCUT2D eigenvalue weighted by atomic mass is 35.5. The Labute approximate surface area is 121 Å². The molecular weight excluding hydrogens is 286 g/mol. The molecule has 1 rings (SSSR count). The fraction of sp³-hybridized carbons (Fsp3) is 0.385. The number of carboxylic acids is 1. The molecule has 4 nitrogen and oxygen atoms in total. The van der Waals surface area contributed by atoms with Crippen molar-refractivity contribution in [3.05, 3.63) is 28.8 Å². The van der Waals surface area contributed by atoms with E-state index < -0.39 is 10.7 Å². The zero-order chi connectivity index (χ0) is 14.6. The number of aryl methyl sites for hydroxylation is 1. The van der Waals surface area contributed by atoms with Gasteiger partial charge in [0.1, 0.15) is 4.75 Å². The Morgan fingerprint density at radius 1 is 1.42 bits per heavy atom. The summed E-state index contributed by atoms with van der Waals surface area (Å²) in [5.41, 5.74) is 1.55. The number of nitrogens with one attached hydrogen (secondary N) is 1. The maximum atomic E-state index is 11.8. The highest BCUT2D eigenvalue weighted by Crippen LogP contribution is 2.25. The van der Waals surface area contributed by atoms with Crippen molar-refractivity contribution in [3.8, 4) is 0 Å². The van der Waals surface area contributed by atoms with E-state index in [1.165, 1.54) is 0 Å². The number of thioether (sulfide) groups is 1. The molecule has 0 spiro atoms. The topological polar surface area (TPSA) is 66.4 Å². The third-order valence-electron chi connectivity index (χ3n) is 2.54. The zero-order valence-corrected chi connectivity index (χ0v) is 12.6. The minimum absolute atomic E-state index is 0.0847. The van der Waals surface area contributed by atoms with Crippen molar-refractivity contribution in [2.45, 2.75) is 25.5 Å². The van der Waals surface area contributed by atoms with Crippen molar-refractivity contribution in [1.82, 2.24) is 0 Å². The van der Waals surface area contributed by atoms with Crippen LogP contribution < -0.4 is 5.32 Å². The highest BCUT2D eigenvalue weighted by Gasteiger charge is 2.28. The molecule has 1 aromatic rings. The van der Waals surface area contributed by atoms with E-state index in [1.54, 1.807) is 32.0 Å². The monoisotopic (exact) mass is 301 g/mol. The lowest BCUT2D eigenvalue weighted by Crippen LogP contribution is -2.29. The lowest BCUT2D eigenvalue weighted by molar-refractivity contribution is -0.138. The first-order valence-electron chi connectivity index (χ1n) is 5.66. The quantitative estimate of drug-likeness (QED) is 0.876. The SMILES string of the molecule is Cc1cc(Cl)ccc1NC(=O)CSC(C)(C)C(=O)O. The molecule has 19 heavy (non-hydrogen) atoms. The third kappa shape index (κ3) is 4.76. The molecule has 0 aliphatic carbocycles. The molecule has 0 fully saturated rings. The van der Waals surface area contributed by atoms with Gasteiger partial charge in [-0.15, -0.1) is 11.8 Å². The maximum absolute atomic E-state index is 11.8. The molecule has 104 valence electrons. The summed E-state index contributed by atoms with van der Waals surface area (Å²) < 4.78 is -0.980. The lowest BCUT2D eigenvalue weighted by atomic mass is 10.2. The van der Waals surface area contributed by atoms with Gasteiger partial charge >= 0.3 is 5.97 Å². The van der Waals surface area contributed by atoms with Crippen molar-refractivity contribution < 1.29 is 14.7 Å². The maximum Gasteiger partial charge on any atom is 0.319 e. The molecule has 1 aromatic carbocycles. The zero-order valence-electron chi connectivity index (χ0n) is 11.0. The smallest absolute Gasteiger partial charge is 0.319 e. The number of carbonyl (C=O) groups excluding carboxylic acids is 1. The van der Waals surface area contributed by atoms with E-state index in [-0.39, 0.29) is 11.7 Å². The number of rotatable bonds is 5. The van der Waals surface area contributed by atoms with Crippen LogP contribution in [0.15, 0.2) is 18.2 Å². The number of aliphatic carboxylic acids is 1. The highest BCUT2D eigenvalue weighted by molar-refractivity contribution is 8.02. The number of carboxylic acid groups (broad SMARTS) is 1. The van der Waals surface area contributed by atoms with Crippen LogP contribution in [-0.2, 0) is 9.59 Å². The number of anilines is 1. The second-order valence-electron chi connectivity index (χ2n) is 4.61. The van der Waals surface area contributed by atoms with Crippen molar-refractivity contribution in [1.29, 1.82) is 0 Å². The summed E-state index contributed by atoms with van der Waals surface area (Å²) in [5, 5.41) is 12.3. The predicted molar refractivity (Wildman–Crippen MR) is 79.0 cm³/mol. The number of amides is 1. The van der Waals surface area contributed by atoms with Crippen molar-refractivity contribution >= 4 is 40.9 Å². The van der Waals surface area contributed by atoms with E-state index in [0.717, 1.165) is 17.3 Å². The van der Waals surface area contributed by atoms with Crippen LogP contribution in [0.3, 0.4) is 0 Å². The summed E-state index contributed by atoms with van der Waals surface area (Å²) in [7, 11) is 0. The first-order valence-corrected chi connectivity index (χ1v) is 7.02. The average molecular weight is 302 g/mol. The van der Waals surface area contributed by atoms with Crippen LogP contribution in [0.1, 0.15) is 19.4 Å². The van der Waals surface area contributed by atoms with E-state index in [1.807, 2.05) is 6.92 Å². The summed E-state index contributed by atoms with van der Waals surface area (Å²) >= 11 is 6.91. The molecular formula is C13H16ClNO3S. The standard InChI is InChI=1S/C13H16ClNO3S/c1-8-6-9(14)4-5-10(8)15-11(16)7-19-13(2,3)12(17)18/h4-6H,7H2,1-3H3,(H,15,16)(H,17,18). The predicted octanol–water partition coefficient (Wildman–Crippen LogP) is 3.18. The van der Waals surface area contributed by atoms with E-state index in [2.05, 4.69) is 5.32 Å². The van der Waals surface area contributed by atoms with Gasteiger partial charge in [-0.05, 0) is 44.5 Å². The van der Waals surface area contributed by atoms with E-state index in [0.29, 0.717) is 10.7 Å². The molecule has 0 aliphatic heterocycles. The van der Waals surface area contributed by atoms with Gasteiger partial charge in [-0.3, -0.25) is 9.59 Å². The fourth-order valence-electron chi connectivity index (χ4n) is 1.26. The molecule has 0 bridgehead atoms. The van der Waals surface area contributed by atoms with Crippen LogP contribution in [0.25, 0.3) is 0 Å². The van der Waals surface area contributed by atoms with Gasteiger partial charge in [-0.2, -0.15) is 0 Å². The molecule has 0 radical (unpaired) electrons. The number of carbonyl (C=O) groups is 2. The lowest BCUT2D eigenvalue weighted by Gasteiger charge is -2.18. The van der Waals surface area contributed by atoms with Gasteiger partial charge < -0.3 is 10.4 Å².